The first-order chi connectivity index (χ1) is 6.68. The molecular formula is C10H18N2OS. The summed E-state index contributed by atoms with van der Waals surface area (Å²) >= 11 is 1.69. The number of hydrogen-bond acceptors (Lipinski definition) is 4. The molecule has 4 heteroatoms. The first-order valence-corrected chi connectivity index (χ1v) is 5.86. The first kappa shape index (κ1) is 11.6. The largest absolute Gasteiger partial charge is 0.393 e. The first-order valence-electron chi connectivity index (χ1n) is 4.98. The molecule has 1 aromatic heterocycles. The number of aliphatic hydroxyl groups is 1. The van der Waals surface area contributed by atoms with Crippen molar-refractivity contribution in [3.05, 3.63) is 16.1 Å². The van der Waals surface area contributed by atoms with E-state index in [1.54, 1.807) is 11.3 Å². The summed E-state index contributed by atoms with van der Waals surface area (Å²) < 4.78 is 0. The van der Waals surface area contributed by atoms with Gasteiger partial charge in [-0.05, 0) is 33.2 Å². The number of hydrogen-bond donors (Lipinski definition) is 2. The Labute approximate surface area is 89.2 Å². The quantitative estimate of drug-likeness (QED) is 0.709. The molecule has 0 saturated heterocycles. The minimum absolute atomic E-state index is 0.182. The normalized spacial score (nSPS) is 13.1. The molecule has 0 spiro atoms. The van der Waals surface area contributed by atoms with Crippen molar-refractivity contribution in [3.8, 4) is 0 Å². The SMILES string of the molecule is Cc1csc(CNCCCC(C)O)n1. The van der Waals surface area contributed by atoms with E-state index in [0.717, 1.165) is 36.6 Å². The van der Waals surface area contributed by atoms with Gasteiger partial charge in [0.2, 0.25) is 0 Å². The number of aryl methyl sites for hydroxylation is 1. The Morgan fingerprint density at radius 1 is 1.64 bits per heavy atom. The zero-order chi connectivity index (χ0) is 10.4. The van der Waals surface area contributed by atoms with Gasteiger partial charge in [0.25, 0.3) is 0 Å². The summed E-state index contributed by atoms with van der Waals surface area (Å²) in [5, 5.41) is 15.5. The minimum Gasteiger partial charge on any atom is -0.393 e. The number of aliphatic hydroxyl groups excluding tert-OH is 1. The molecule has 0 aliphatic rings. The van der Waals surface area contributed by atoms with Gasteiger partial charge in [0, 0.05) is 17.6 Å². The van der Waals surface area contributed by atoms with Crippen molar-refractivity contribution in [2.24, 2.45) is 0 Å². The van der Waals surface area contributed by atoms with E-state index in [2.05, 4.69) is 15.7 Å². The van der Waals surface area contributed by atoms with Crippen molar-refractivity contribution in [2.45, 2.75) is 39.3 Å². The van der Waals surface area contributed by atoms with Crippen LogP contribution in [0.1, 0.15) is 30.5 Å². The molecule has 1 aromatic rings. The summed E-state index contributed by atoms with van der Waals surface area (Å²) in [5.74, 6) is 0. The molecule has 0 bridgehead atoms. The lowest BCUT2D eigenvalue weighted by Crippen LogP contribution is -2.16. The fourth-order valence-corrected chi connectivity index (χ4v) is 1.94. The van der Waals surface area contributed by atoms with Crippen LogP contribution in [0.5, 0.6) is 0 Å². The molecule has 0 amide bonds. The van der Waals surface area contributed by atoms with E-state index in [9.17, 15) is 0 Å². The highest BCUT2D eigenvalue weighted by Crippen LogP contribution is 2.07. The van der Waals surface area contributed by atoms with Gasteiger partial charge in [-0.15, -0.1) is 11.3 Å². The summed E-state index contributed by atoms with van der Waals surface area (Å²) in [6, 6.07) is 0. The van der Waals surface area contributed by atoms with E-state index in [4.69, 9.17) is 5.11 Å². The molecule has 14 heavy (non-hydrogen) atoms. The van der Waals surface area contributed by atoms with Crippen LogP contribution >= 0.6 is 11.3 Å². The van der Waals surface area contributed by atoms with Crippen LogP contribution in [0.25, 0.3) is 0 Å². The zero-order valence-corrected chi connectivity index (χ0v) is 9.60. The minimum atomic E-state index is -0.182. The molecule has 2 N–H and O–H groups in total. The van der Waals surface area contributed by atoms with Crippen LogP contribution in [-0.4, -0.2) is 22.7 Å². The lowest BCUT2D eigenvalue weighted by atomic mass is 10.2. The van der Waals surface area contributed by atoms with Crippen LogP contribution in [0.2, 0.25) is 0 Å². The standard InChI is InChI=1S/C10H18N2OS/c1-8-7-14-10(12-8)6-11-5-3-4-9(2)13/h7,9,11,13H,3-6H2,1-2H3. The van der Waals surface area contributed by atoms with Gasteiger partial charge in [-0.2, -0.15) is 0 Å². The van der Waals surface area contributed by atoms with Gasteiger partial charge in [0.15, 0.2) is 0 Å². The number of rotatable bonds is 6. The van der Waals surface area contributed by atoms with E-state index in [1.807, 2.05) is 13.8 Å². The van der Waals surface area contributed by atoms with E-state index >= 15 is 0 Å². The number of nitrogens with one attached hydrogen (secondary N) is 1. The fourth-order valence-electron chi connectivity index (χ4n) is 1.20. The van der Waals surface area contributed by atoms with Crippen LogP contribution in [0.15, 0.2) is 5.38 Å². The van der Waals surface area contributed by atoms with Gasteiger partial charge in [0.05, 0.1) is 6.10 Å². The predicted molar refractivity (Wildman–Crippen MR) is 59.5 cm³/mol. The maximum atomic E-state index is 9.03. The van der Waals surface area contributed by atoms with Crippen molar-refractivity contribution in [1.29, 1.82) is 0 Å². The molecule has 1 atom stereocenters. The lowest BCUT2D eigenvalue weighted by Gasteiger charge is -2.04. The van der Waals surface area contributed by atoms with Crippen molar-refractivity contribution in [3.63, 3.8) is 0 Å². The summed E-state index contributed by atoms with van der Waals surface area (Å²) in [6.45, 7) is 5.62. The highest BCUT2D eigenvalue weighted by atomic mass is 32.1. The second-order valence-electron chi connectivity index (χ2n) is 3.55. The van der Waals surface area contributed by atoms with Gasteiger partial charge in [-0.25, -0.2) is 4.98 Å². The number of thiazole rings is 1. The lowest BCUT2D eigenvalue weighted by molar-refractivity contribution is 0.181. The van der Waals surface area contributed by atoms with Gasteiger partial charge in [-0.1, -0.05) is 0 Å². The van der Waals surface area contributed by atoms with E-state index in [-0.39, 0.29) is 6.10 Å². The average molecular weight is 214 g/mol. The molecular weight excluding hydrogens is 196 g/mol. The molecule has 0 radical (unpaired) electrons. The maximum Gasteiger partial charge on any atom is 0.107 e. The molecule has 0 aliphatic carbocycles. The Kier molecular flexibility index (Phi) is 5.07. The number of nitrogens with zero attached hydrogens (tertiary/aromatic N) is 1. The molecule has 80 valence electrons. The van der Waals surface area contributed by atoms with Gasteiger partial charge in [-0.3, -0.25) is 0 Å². The maximum absolute atomic E-state index is 9.03. The Morgan fingerprint density at radius 3 is 3.00 bits per heavy atom. The Balaban J connectivity index is 2.04. The summed E-state index contributed by atoms with van der Waals surface area (Å²) in [6.07, 6.45) is 1.70. The van der Waals surface area contributed by atoms with E-state index in [1.165, 1.54) is 0 Å². The summed E-state index contributed by atoms with van der Waals surface area (Å²) in [7, 11) is 0. The smallest absolute Gasteiger partial charge is 0.107 e. The highest BCUT2D eigenvalue weighted by Gasteiger charge is 1.98. The average Bonchev–Trinajstić information content (AvgIpc) is 2.50. The van der Waals surface area contributed by atoms with Crippen LogP contribution in [0.3, 0.4) is 0 Å². The third-order valence-electron chi connectivity index (χ3n) is 1.92. The van der Waals surface area contributed by atoms with Crippen molar-refractivity contribution < 1.29 is 5.11 Å². The van der Waals surface area contributed by atoms with Crippen LogP contribution in [-0.2, 0) is 6.54 Å². The Morgan fingerprint density at radius 2 is 2.43 bits per heavy atom. The van der Waals surface area contributed by atoms with E-state index < -0.39 is 0 Å². The van der Waals surface area contributed by atoms with Crippen LogP contribution in [0.4, 0.5) is 0 Å². The summed E-state index contributed by atoms with van der Waals surface area (Å²) in [5.41, 5.74) is 1.09. The molecule has 1 heterocycles. The Hall–Kier alpha value is -0.450. The van der Waals surface area contributed by atoms with Gasteiger partial charge < -0.3 is 10.4 Å². The molecule has 1 unspecified atom stereocenters. The third kappa shape index (κ3) is 4.69. The monoisotopic (exact) mass is 214 g/mol. The molecule has 0 fully saturated rings. The molecule has 0 aromatic carbocycles. The van der Waals surface area contributed by atoms with Crippen LogP contribution in [0, 0.1) is 6.92 Å². The van der Waals surface area contributed by atoms with Gasteiger partial charge in [0.1, 0.15) is 5.01 Å². The number of aromatic nitrogens is 1. The fraction of sp³-hybridized carbons (Fsp3) is 0.700. The summed E-state index contributed by atoms with van der Waals surface area (Å²) in [4.78, 5) is 4.35. The van der Waals surface area contributed by atoms with Crippen molar-refractivity contribution in [2.75, 3.05) is 6.54 Å². The highest BCUT2D eigenvalue weighted by molar-refractivity contribution is 7.09. The molecule has 0 aliphatic heterocycles. The molecule has 0 saturated carbocycles. The predicted octanol–water partition coefficient (Wildman–Crippen LogP) is 1.70. The Bertz CT molecular complexity index is 260. The van der Waals surface area contributed by atoms with Crippen molar-refractivity contribution >= 4 is 11.3 Å². The van der Waals surface area contributed by atoms with E-state index in [0.29, 0.717) is 0 Å². The molecule has 1 rings (SSSR count). The third-order valence-corrected chi connectivity index (χ3v) is 2.88. The van der Waals surface area contributed by atoms with Gasteiger partial charge >= 0.3 is 0 Å². The second kappa shape index (κ2) is 6.11. The van der Waals surface area contributed by atoms with Crippen molar-refractivity contribution in [1.82, 2.24) is 10.3 Å². The second-order valence-corrected chi connectivity index (χ2v) is 4.49. The topological polar surface area (TPSA) is 45.1 Å². The zero-order valence-electron chi connectivity index (χ0n) is 8.79. The molecule has 3 nitrogen and oxygen atoms in total. The van der Waals surface area contributed by atoms with Crippen LogP contribution < -0.4 is 5.32 Å².